The van der Waals surface area contributed by atoms with Gasteiger partial charge in [0.05, 0.1) is 12.2 Å². The zero-order valence-electron chi connectivity index (χ0n) is 10.2. The van der Waals surface area contributed by atoms with Crippen LogP contribution in [0, 0.1) is 0 Å². The fourth-order valence-corrected chi connectivity index (χ4v) is 2.41. The number of ether oxygens (including phenoxy) is 1. The number of hydrogen-bond donors (Lipinski definition) is 0. The molecule has 1 rings (SSSR count). The van der Waals surface area contributed by atoms with E-state index < -0.39 is 0 Å². The number of aryl methyl sites for hydroxylation is 1. The highest BCUT2D eigenvalue weighted by Crippen LogP contribution is 2.25. The van der Waals surface area contributed by atoms with Crippen LogP contribution in [0.2, 0.25) is 0 Å². The van der Waals surface area contributed by atoms with Gasteiger partial charge in [-0.25, -0.2) is 4.79 Å². The van der Waals surface area contributed by atoms with Crippen LogP contribution in [0.5, 0.6) is 0 Å². The minimum atomic E-state index is -0.234. The fourth-order valence-electron chi connectivity index (χ4n) is 1.65. The topological polar surface area (TPSA) is 26.3 Å². The predicted molar refractivity (Wildman–Crippen MR) is 73.2 cm³/mol. The number of rotatable bonds is 6. The Hall–Kier alpha value is -0.670. The molecule has 17 heavy (non-hydrogen) atoms. The average Bonchev–Trinajstić information content (AvgIpc) is 2.35. The van der Waals surface area contributed by atoms with Gasteiger partial charge in [-0.1, -0.05) is 12.1 Å². The first-order chi connectivity index (χ1) is 8.24. The van der Waals surface area contributed by atoms with Gasteiger partial charge in [-0.2, -0.15) is 0 Å². The lowest BCUT2D eigenvalue weighted by Gasteiger charge is -2.12. The molecule has 0 aromatic heterocycles. The Bertz CT molecular complexity index is 380. The highest BCUT2D eigenvalue weighted by atomic mass is 35.5. The zero-order chi connectivity index (χ0) is 12.7. The van der Waals surface area contributed by atoms with Crippen LogP contribution in [0.15, 0.2) is 23.1 Å². The minimum absolute atomic E-state index is 0.234. The lowest BCUT2D eigenvalue weighted by molar-refractivity contribution is 0.0521. The summed E-state index contributed by atoms with van der Waals surface area (Å²) in [5.41, 5.74) is 1.72. The van der Waals surface area contributed by atoms with Crippen molar-refractivity contribution in [2.45, 2.75) is 24.7 Å². The fraction of sp³-hybridized carbons (Fsp3) is 0.462. The maximum absolute atomic E-state index is 11.9. The molecule has 0 aliphatic heterocycles. The molecule has 94 valence electrons. The van der Waals surface area contributed by atoms with Crippen LogP contribution < -0.4 is 0 Å². The van der Waals surface area contributed by atoms with E-state index in [0.717, 1.165) is 23.3 Å². The molecule has 0 atom stereocenters. The summed E-state index contributed by atoms with van der Waals surface area (Å²) in [6.45, 7) is 2.22. The van der Waals surface area contributed by atoms with E-state index in [1.54, 1.807) is 11.8 Å². The van der Waals surface area contributed by atoms with Gasteiger partial charge in [0.15, 0.2) is 0 Å². The summed E-state index contributed by atoms with van der Waals surface area (Å²) in [5, 5.41) is 0. The maximum atomic E-state index is 11.9. The molecule has 1 aromatic rings. The van der Waals surface area contributed by atoms with E-state index in [2.05, 4.69) is 0 Å². The Kier molecular flexibility index (Phi) is 6.45. The molecule has 0 heterocycles. The van der Waals surface area contributed by atoms with Crippen LogP contribution in [0.1, 0.15) is 29.3 Å². The van der Waals surface area contributed by atoms with Crippen molar-refractivity contribution in [2.24, 2.45) is 0 Å². The molecule has 2 nitrogen and oxygen atoms in total. The molecule has 0 spiro atoms. The molecule has 0 aliphatic rings. The van der Waals surface area contributed by atoms with Gasteiger partial charge in [-0.15, -0.1) is 23.4 Å². The first-order valence-electron chi connectivity index (χ1n) is 5.63. The van der Waals surface area contributed by atoms with Gasteiger partial charge in [0.25, 0.3) is 0 Å². The third-order valence-electron chi connectivity index (χ3n) is 2.39. The van der Waals surface area contributed by atoms with Crippen molar-refractivity contribution in [3.05, 3.63) is 29.3 Å². The summed E-state index contributed by atoms with van der Waals surface area (Å²) in [6, 6.07) is 5.89. The number of alkyl halides is 1. The van der Waals surface area contributed by atoms with E-state index in [0.29, 0.717) is 18.1 Å². The molecular formula is C13H17ClO2S. The predicted octanol–water partition coefficient (Wildman–Crippen LogP) is 3.76. The molecule has 0 aliphatic carbocycles. The summed E-state index contributed by atoms with van der Waals surface area (Å²) in [5.74, 6) is 0.369. The van der Waals surface area contributed by atoms with E-state index in [-0.39, 0.29) is 5.97 Å². The summed E-state index contributed by atoms with van der Waals surface area (Å²) >= 11 is 7.26. The van der Waals surface area contributed by atoms with Crippen molar-refractivity contribution in [1.82, 2.24) is 0 Å². The summed E-state index contributed by atoms with van der Waals surface area (Å²) in [6.07, 6.45) is 3.64. The number of hydrogen-bond acceptors (Lipinski definition) is 3. The quantitative estimate of drug-likeness (QED) is 0.448. The van der Waals surface area contributed by atoms with Gasteiger partial charge in [0, 0.05) is 10.8 Å². The van der Waals surface area contributed by atoms with Gasteiger partial charge in [-0.3, -0.25) is 0 Å². The minimum Gasteiger partial charge on any atom is -0.462 e. The Balaban J connectivity index is 3.06. The SMILES string of the molecule is CCOC(=O)c1c(CCCCl)cccc1SC. The second-order valence-corrected chi connectivity index (χ2v) is 4.73. The van der Waals surface area contributed by atoms with Crippen molar-refractivity contribution in [1.29, 1.82) is 0 Å². The number of carbonyl (C=O) groups excluding carboxylic acids is 1. The normalized spacial score (nSPS) is 10.3. The van der Waals surface area contributed by atoms with Gasteiger partial charge < -0.3 is 4.74 Å². The van der Waals surface area contributed by atoms with Crippen molar-refractivity contribution in [3.63, 3.8) is 0 Å². The van der Waals surface area contributed by atoms with Crippen molar-refractivity contribution < 1.29 is 9.53 Å². The number of esters is 1. The third kappa shape index (κ3) is 3.93. The molecule has 1 aromatic carbocycles. The van der Waals surface area contributed by atoms with Gasteiger partial charge >= 0.3 is 5.97 Å². The number of benzene rings is 1. The molecule has 0 saturated heterocycles. The number of carbonyl (C=O) groups is 1. The van der Waals surface area contributed by atoms with E-state index in [4.69, 9.17) is 16.3 Å². The Morgan fingerprint density at radius 2 is 2.24 bits per heavy atom. The van der Waals surface area contributed by atoms with Gasteiger partial charge in [-0.05, 0) is 37.7 Å². The molecule has 0 unspecified atom stereocenters. The van der Waals surface area contributed by atoms with Crippen LogP contribution in [-0.2, 0) is 11.2 Å². The van der Waals surface area contributed by atoms with Gasteiger partial charge in [0.2, 0.25) is 0 Å². The summed E-state index contributed by atoms with van der Waals surface area (Å²) < 4.78 is 5.11. The molecule has 0 saturated carbocycles. The second-order valence-electron chi connectivity index (χ2n) is 3.51. The molecule has 0 amide bonds. The average molecular weight is 273 g/mol. The van der Waals surface area contributed by atoms with Crippen LogP contribution in [0.4, 0.5) is 0 Å². The van der Waals surface area contributed by atoms with Crippen molar-refractivity contribution >= 4 is 29.3 Å². The van der Waals surface area contributed by atoms with Crippen molar-refractivity contribution in [2.75, 3.05) is 18.7 Å². The number of halogens is 1. The largest absolute Gasteiger partial charge is 0.462 e. The second kappa shape index (κ2) is 7.62. The molecule has 0 fully saturated rings. The Morgan fingerprint density at radius 3 is 2.82 bits per heavy atom. The van der Waals surface area contributed by atoms with Crippen LogP contribution in [-0.4, -0.2) is 24.7 Å². The third-order valence-corrected chi connectivity index (χ3v) is 3.44. The zero-order valence-corrected chi connectivity index (χ0v) is 11.7. The van der Waals surface area contributed by atoms with E-state index in [9.17, 15) is 4.79 Å². The van der Waals surface area contributed by atoms with Crippen LogP contribution >= 0.6 is 23.4 Å². The standard InChI is InChI=1S/C13H17ClO2S/c1-3-16-13(15)12-10(7-5-9-14)6-4-8-11(12)17-2/h4,6,8H,3,5,7,9H2,1-2H3. The first-order valence-corrected chi connectivity index (χ1v) is 7.39. The molecule has 0 radical (unpaired) electrons. The van der Waals surface area contributed by atoms with Crippen LogP contribution in [0.25, 0.3) is 0 Å². The van der Waals surface area contributed by atoms with E-state index in [1.807, 2.05) is 31.4 Å². The Morgan fingerprint density at radius 1 is 1.47 bits per heavy atom. The van der Waals surface area contributed by atoms with E-state index in [1.165, 1.54) is 0 Å². The highest BCUT2D eigenvalue weighted by molar-refractivity contribution is 7.98. The monoisotopic (exact) mass is 272 g/mol. The summed E-state index contributed by atoms with van der Waals surface area (Å²) in [4.78, 5) is 12.9. The van der Waals surface area contributed by atoms with Gasteiger partial charge in [0.1, 0.15) is 0 Å². The number of thioether (sulfide) groups is 1. The molecular weight excluding hydrogens is 256 g/mol. The maximum Gasteiger partial charge on any atom is 0.339 e. The van der Waals surface area contributed by atoms with E-state index >= 15 is 0 Å². The van der Waals surface area contributed by atoms with Crippen LogP contribution in [0.3, 0.4) is 0 Å². The molecule has 0 bridgehead atoms. The molecule has 4 heteroatoms. The summed E-state index contributed by atoms with van der Waals surface area (Å²) in [7, 11) is 0. The molecule has 0 N–H and O–H groups in total. The van der Waals surface area contributed by atoms with Crippen molar-refractivity contribution in [3.8, 4) is 0 Å². The lowest BCUT2D eigenvalue weighted by Crippen LogP contribution is -2.10. The Labute approximate surface area is 112 Å². The lowest BCUT2D eigenvalue weighted by atomic mass is 10.0. The first kappa shape index (κ1) is 14.4. The smallest absolute Gasteiger partial charge is 0.339 e. The highest BCUT2D eigenvalue weighted by Gasteiger charge is 2.16.